The Morgan fingerprint density at radius 1 is 1.15 bits per heavy atom. The lowest BCUT2D eigenvalue weighted by molar-refractivity contribution is -0.154. The van der Waals surface area contributed by atoms with Crippen LogP contribution < -0.4 is 4.90 Å². The number of amides is 1. The molecule has 2 aliphatic rings. The monoisotopic (exact) mass is 364 g/mol. The van der Waals surface area contributed by atoms with Crippen LogP contribution in [0.5, 0.6) is 0 Å². The van der Waals surface area contributed by atoms with Crippen LogP contribution in [0.4, 0.5) is 10.1 Å². The third-order valence-electron chi connectivity index (χ3n) is 5.11. The van der Waals surface area contributed by atoms with Crippen LogP contribution in [0.15, 0.2) is 48.5 Å². The number of anilines is 1. The van der Waals surface area contributed by atoms with Crippen molar-refractivity contribution in [3.63, 3.8) is 0 Å². The fourth-order valence-electron chi connectivity index (χ4n) is 3.50. The molecule has 27 heavy (non-hydrogen) atoms. The molecule has 0 radical (unpaired) electrons. The van der Waals surface area contributed by atoms with Gasteiger partial charge in [-0.1, -0.05) is 12.1 Å². The van der Waals surface area contributed by atoms with E-state index in [1.165, 1.54) is 12.1 Å². The van der Waals surface area contributed by atoms with E-state index in [0.29, 0.717) is 30.6 Å². The summed E-state index contributed by atoms with van der Waals surface area (Å²) >= 11 is 0. The van der Waals surface area contributed by atoms with Crippen LogP contribution in [-0.4, -0.2) is 24.5 Å². The molecule has 136 valence electrons. The number of hydrogen-bond donors (Lipinski definition) is 0. The summed E-state index contributed by atoms with van der Waals surface area (Å²) < 4.78 is 18.5. The van der Waals surface area contributed by atoms with Crippen LogP contribution in [0, 0.1) is 23.1 Å². The molecule has 2 aromatic rings. The summed E-state index contributed by atoms with van der Waals surface area (Å²) in [7, 11) is 0. The van der Waals surface area contributed by atoms with Crippen molar-refractivity contribution in [1.29, 1.82) is 5.26 Å². The third kappa shape index (κ3) is 3.41. The van der Waals surface area contributed by atoms with E-state index in [4.69, 9.17) is 10.00 Å². The van der Waals surface area contributed by atoms with Crippen molar-refractivity contribution in [1.82, 2.24) is 0 Å². The van der Waals surface area contributed by atoms with Gasteiger partial charge in [0.1, 0.15) is 5.82 Å². The summed E-state index contributed by atoms with van der Waals surface area (Å²) in [6, 6.07) is 14.9. The first-order chi connectivity index (χ1) is 13.1. The van der Waals surface area contributed by atoms with E-state index in [-0.39, 0.29) is 29.5 Å². The lowest BCUT2D eigenvalue weighted by Gasteiger charge is -2.17. The standard InChI is InChI=1S/C21H17FN2O3/c22-15-5-3-14(4-6-15)17-11-18(17)21(26)27-19-9-10-24(20(19)25)16-7-1-13(12-23)2-8-16/h1-8,17-19H,9-11H2/t17-,18+,19+/m1/s1. The van der Waals surface area contributed by atoms with Crippen LogP contribution in [0.2, 0.25) is 0 Å². The molecule has 1 heterocycles. The van der Waals surface area contributed by atoms with Gasteiger partial charge < -0.3 is 9.64 Å². The summed E-state index contributed by atoms with van der Waals surface area (Å²) in [5.41, 5.74) is 2.12. The van der Waals surface area contributed by atoms with E-state index in [1.807, 2.05) is 6.07 Å². The minimum absolute atomic E-state index is 0.0317. The minimum atomic E-state index is -0.775. The molecule has 1 amide bonds. The van der Waals surface area contributed by atoms with E-state index >= 15 is 0 Å². The Bertz CT molecular complexity index is 918. The fraction of sp³-hybridized carbons (Fsp3) is 0.286. The molecule has 1 saturated heterocycles. The van der Waals surface area contributed by atoms with Crippen molar-refractivity contribution >= 4 is 17.6 Å². The number of hydrogen-bond acceptors (Lipinski definition) is 4. The average Bonchev–Trinajstić information content (AvgIpc) is 3.41. The Morgan fingerprint density at radius 2 is 1.85 bits per heavy atom. The second-order valence-corrected chi connectivity index (χ2v) is 6.86. The highest BCUT2D eigenvalue weighted by molar-refractivity contribution is 6.00. The number of carbonyl (C=O) groups is 2. The lowest BCUT2D eigenvalue weighted by atomic mass is 10.1. The quantitative estimate of drug-likeness (QED) is 0.782. The molecule has 0 N–H and O–H groups in total. The second kappa shape index (κ2) is 6.84. The molecule has 1 aliphatic carbocycles. The smallest absolute Gasteiger partial charge is 0.310 e. The van der Waals surface area contributed by atoms with E-state index in [9.17, 15) is 14.0 Å². The Kier molecular flexibility index (Phi) is 4.36. The van der Waals surface area contributed by atoms with Gasteiger partial charge in [0.2, 0.25) is 0 Å². The van der Waals surface area contributed by atoms with E-state index in [0.717, 1.165) is 5.56 Å². The third-order valence-corrected chi connectivity index (χ3v) is 5.11. The number of rotatable bonds is 4. The lowest BCUT2D eigenvalue weighted by Crippen LogP contribution is -2.32. The van der Waals surface area contributed by atoms with Gasteiger partial charge in [0, 0.05) is 18.7 Å². The minimum Gasteiger partial charge on any atom is -0.452 e. The Balaban J connectivity index is 1.36. The van der Waals surface area contributed by atoms with Gasteiger partial charge in [-0.05, 0) is 54.3 Å². The number of carbonyl (C=O) groups excluding carboxylic acids is 2. The summed E-state index contributed by atoms with van der Waals surface area (Å²) in [6.07, 6.45) is 0.325. The molecule has 1 aliphatic heterocycles. The van der Waals surface area contributed by atoms with Crippen LogP contribution in [0.1, 0.15) is 29.9 Å². The van der Waals surface area contributed by atoms with Gasteiger partial charge in [-0.3, -0.25) is 9.59 Å². The molecule has 1 saturated carbocycles. The maximum Gasteiger partial charge on any atom is 0.310 e. The van der Waals surface area contributed by atoms with Gasteiger partial charge in [0.25, 0.3) is 5.91 Å². The predicted molar refractivity (Wildman–Crippen MR) is 95.3 cm³/mol. The van der Waals surface area contributed by atoms with Gasteiger partial charge in [-0.2, -0.15) is 5.26 Å². The largest absolute Gasteiger partial charge is 0.452 e. The van der Waals surface area contributed by atoms with E-state index < -0.39 is 6.10 Å². The number of esters is 1. The first kappa shape index (κ1) is 17.2. The number of benzene rings is 2. The van der Waals surface area contributed by atoms with Crippen molar-refractivity contribution in [3.8, 4) is 6.07 Å². The molecule has 0 bridgehead atoms. The summed E-state index contributed by atoms with van der Waals surface area (Å²) in [4.78, 5) is 26.5. The zero-order valence-electron chi connectivity index (χ0n) is 14.5. The second-order valence-electron chi connectivity index (χ2n) is 6.86. The van der Waals surface area contributed by atoms with Gasteiger partial charge in [-0.25, -0.2) is 4.39 Å². The molecule has 0 spiro atoms. The zero-order chi connectivity index (χ0) is 19.0. The Hall–Kier alpha value is -3.20. The van der Waals surface area contributed by atoms with Crippen molar-refractivity contribution in [2.75, 3.05) is 11.4 Å². The summed E-state index contributed by atoms with van der Waals surface area (Å²) in [6.45, 7) is 0.467. The molecule has 2 fully saturated rings. The van der Waals surface area contributed by atoms with Crippen LogP contribution in [0.3, 0.4) is 0 Å². The highest BCUT2D eigenvalue weighted by Gasteiger charge is 2.47. The maximum absolute atomic E-state index is 13.0. The van der Waals surface area contributed by atoms with Crippen LogP contribution in [-0.2, 0) is 14.3 Å². The Labute approximate surface area is 156 Å². The number of nitrogens with zero attached hydrogens (tertiary/aromatic N) is 2. The van der Waals surface area contributed by atoms with Crippen molar-refractivity contribution < 1.29 is 18.7 Å². The average molecular weight is 364 g/mol. The number of halogens is 1. The fourth-order valence-corrected chi connectivity index (χ4v) is 3.50. The maximum atomic E-state index is 13.0. The topological polar surface area (TPSA) is 70.4 Å². The van der Waals surface area contributed by atoms with Crippen molar-refractivity contribution in [3.05, 3.63) is 65.5 Å². The van der Waals surface area contributed by atoms with Gasteiger partial charge in [-0.15, -0.1) is 0 Å². The SMILES string of the molecule is N#Cc1ccc(N2CC[C@H](OC(=O)[C@H]3C[C@@H]3c3ccc(F)cc3)C2=O)cc1. The molecule has 4 rings (SSSR count). The van der Waals surface area contributed by atoms with Crippen LogP contribution >= 0.6 is 0 Å². The van der Waals surface area contributed by atoms with Crippen molar-refractivity contribution in [2.45, 2.75) is 24.9 Å². The predicted octanol–water partition coefficient (Wildman–Crippen LogP) is 3.15. The number of ether oxygens (including phenoxy) is 1. The van der Waals surface area contributed by atoms with E-state index in [2.05, 4.69) is 0 Å². The van der Waals surface area contributed by atoms with Crippen molar-refractivity contribution in [2.24, 2.45) is 5.92 Å². The highest BCUT2D eigenvalue weighted by atomic mass is 19.1. The summed E-state index contributed by atoms with van der Waals surface area (Å²) in [5, 5.41) is 8.86. The van der Waals surface area contributed by atoms with E-state index in [1.54, 1.807) is 41.3 Å². The zero-order valence-corrected chi connectivity index (χ0v) is 14.5. The van der Waals surface area contributed by atoms with Crippen LogP contribution in [0.25, 0.3) is 0 Å². The Morgan fingerprint density at radius 3 is 2.52 bits per heavy atom. The molecule has 0 aromatic heterocycles. The van der Waals surface area contributed by atoms with Gasteiger partial charge in [0.05, 0.1) is 17.6 Å². The summed E-state index contributed by atoms with van der Waals surface area (Å²) in [5.74, 6) is -1.16. The molecular formula is C21H17FN2O3. The normalized spacial score (nSPS) is 23.8. The van der Waals surface area contributed by atoms with Gasteiger partial charge >= 0.3 is 5.97 Å². The molecular weight excluding hydrogens is 347 g/mol. The first-order valence-electron chi connectivity index (χ1n) is 8.84. The number of nitriles is 1. The molecule has 0 unspecified atom stereocenters. The van der Waals surface area contributed by atoms with Gasteiger partial charge in [0.15, 0.2) is 6.10 Å². The molecule has 6 heteroatoms. The molecule has 5 nitrogen and oxygen atoms in total. The molecule has 3 atom stereocenters. The first-order valence-corrected chi connectivity index (χ1v) is 8.84. The highest BCUT2D eigenvalue weighted by Crippen LogP contribution is 2.48. The molecule has 2 aromatic carbocycles.